The molecule has 0 aromatic heterocycles. The highest BCUT2D eigenvalue weighted by Gasteiger charge is 2.64. The van der Waals surface area contributed by atoms with Gasteiger partial charge in [0.05, 0.1) is 11.3 Å². The van der Waals surface area contributed by atoms with Gasteiger partial charge in [0, 0.05) is 18.9 Å². The summed E-state index contributed by atoms with van der Waals surface area (Å²) in [7, 11) is 0. The standard InChI is InChI=1S/C22H19FN2O4/c23-15-7-5-14(6-8-15)13-29-21(28)22-12-11-19(26)25(22)18-4-2-1-3-17(18)20(27)24(22)16-9-10-16/h1-8,16H,9-13H2/t22-/m1/s1. The zero-order valence-electron chi connectivity index (χ0n) is 15.6. The van der Waals surface area contributed by atoms with Gasteiger partial charge in [0.25, 0.3) is 5.91 Å². The van der Waals surface area contributed by atoms with Crippen LogP contribution in [-0.2, 0) is 20.9 Å². The second-order valence-electron chi connectivity index (χ2n) is 7.67. The van der Waals surface area contributed by atoms with Gasteiger partial charge in [-0.15, -0.1) is 0 Å². The molecule has 5 rings (SSSR count). The van der Waals surface area contributed by atoms with Gasteiger partial charge < -0.3 is 9.64 Å². The van der Waals surface area contributed by atoms with E-state index in [1.165, 1.54) is 29.2 Å². The summed E-state index contributed by atoms with van der Waals surface area (Å²) >= 11 is 0. The van der Waals surface area contributed by atoms with Crippen LogP contribution in [0.2, 0.25) is 0 Å². The normalized spacial score (nSPS) is 23.1. The minimum absolute atomic E-state index is 0.0583. The van der Waals surface area contributed by atoms with E-state index in [1.807, 2.05) is 0 Å². The molecular formula is C22H19FN2O4. The maximum atomic E-state index is 13.4. The van der Waals surface area contributed by atoms with Crippen molar-refractivity contribution in [1.29, 1.82) is 0 Å². The summed E-state index contributed by atoms with van der Waals surface area (Å²) in [5.74, 6) is -1.44. The maximum absolute atomic E-state index is 13.4. The van der Waals surface area contributed by atoms with Crippen LogP contribution >= 0.6 is 0 Å². The molecule has 2 aliphatic heterocycles. The molecule has 29 heavy (non-hydrogen) atoms. The van der Waals surface area contributed by atoms with E-state index >= 15 is 0 Å². The first-order chi connectivity index (χ1) is 14.0. The van der Waals surface area contributed by atoms with Gasteiger partial charge in [0.1, 0.15) is 12.4 Å². The number of esters is 1. The topological polar surface area (TPSA) is 66.9 Å². The van der Waals surface area contributed by atoms with Crippen molar-refractivity contribution in [3.8, 4) is 0 Å². The van der Waals surface area contributed by atoms with Crippen molar-refractivity contribution >= 4 is 23.5 Å². The number of ether oxygens (including phenoxy) is 1. The van der Waals surface area contributed by atoms with Crippen LogP contribution < -0.4 is 4.90 Å². The number of carbonyl (C=O) groups is 3. The minimum atomic E-state index is -1.45. The molecule has 1 aliphatic carbocycles. The maximum Gasteiger partial charge on any atom is 0.354 e. The molecule has 3 aliphatic rings. The van der Waals surface area contributed by atoms with Crippen LogP contribution in [0.3, 0.4) is 0 Å². The van der Waals surface area contributed by atoms with E-state index in [1.54, 1.807) is 29.2 Å². The molecule has 1 saturated heterocycles. The van der Waals surface area contributed by atoms with Gasteiger partial charge in [0.15, 0.2) is 0 Å². The van der Waals surface area contributed by atoms with E-state index in [0.29, 0.717) is 16.8 Å². The van der Waals surface area contributed by atoms with Gasteiger partial charge in [-0.3, -0.25) is 14.5 Å². The Labute approximate surface area is 166 Å². The van der Waals surface area contributed by atoms with Crippen molar-refractivity contribution in [2.45, 2.75) is 44.0 Å². The molecule has 2 heterocycles. The Balaban J connectivity index is 1.54. The van der Waals surface area contributed by atoms with Gasteiger partial charge in [-0.05, 0) is 42.7 Å². The summed E-state index contributed by atoms with van der Waals surface area (Å²) in [5.41, 5.74) is 0.0590. The number of amides is 2. The third-order valence-corrected chi connectivity index (χ3v) is 5.82. The fourth-order valence-electron chi connectivity index (χ4n) is 4.36. The lowest BCUT2D eigenvalue weighted by Gasteiger charge is -2.48. The van der Waals surface area contributed by atoms with E-state index in [-0.39, 0.29) is 43.1 Å². The van der Waals surface area contributed by atoms with E-state index in [4.69, 9.17) is 4.74 Å². The lowest BCUT2D eigenvalue weighted by atomic mass is 9.96. The SMILES string of the molecule is O=C1CC[C@]2(C(=O)OCc3ccc(F)cc3)N1c1ccccc1C(=O)N2C1CC1. The van der Waals surface area contributed by atoms with Crippen LogP contribution in [0.1, 0.15) is 41.6 Å². The van der Waals surface area contributed by atoms with Crippen molar-refractivity contribution in [2.24, 2.45) is 0 Å². The zero-order valence-corrected chi connectivity index (χ0v) is 15.6. The lowest BCUT2D eigenvalue weighted by molar-refractivity contribution is -0.159. The molecule has 6 nitrogen and oxygen atoms in total. The first-order valence-corrected chi connectivity index (χ1v) is 9.70. The summed E-state index contributed by atoms with van der Waals surface area (Å²) in [6.45, 7) is -0.0583. The van der Waals surface area contributed by atoms with Crippen molar-refractivity contribution < 1.29 is 23.5 Å². The average molecular weight is 394 g/mol. The third kappa shape index (κ3) is 2.64. The number of rotatable bonds is 4. The smallest absolute Gasteiger partial charge is 0.354 e. The molecule has 7 heteroatoms. The number of anilines is 1. The van der Waals surface area contributed by atoms with E-state index in [9.17, 15) is 18.8 Å². The number of halogens is 1. The molecule has 2 aromatic carbocycles. The Bertz CT molecular complexity index is 1020. The molecule has 0 N–H and O–H groups in total. The van der Waals surface area contributed by atoms with Gasteiger partial charge >= 0.3 is 5.97 Å². The van der Waals surface area contributed by atoms with Crippen molar-refractivity contribution in [2.75, 3.05) is 4.90 Å². The van der Waals surface area contributed by atoms with Crippen molar-refractivity contribution in [1.82, 2.24) is 4.90 Å². The highest BCUT2D eigenvalue weighted by molar-refractivity contribution is 6.15. The average Bonchev–Trinajstić information content (AvgIpc) is 3.50. The Morgan fingerprint density at radius 2 is 1.83 bits per heavy atom. The zero-order chi connectivity index (χ0) is 20.2. The number of para-hydroxylation sites is 1. The number of hydrogen-bond acceptors (Lipinski definition) is 4. The third-order valence-electron chi connectivity index (χ3n) is 5.82. The van der Waals surface area contributed by atoms with Gasteiger partial charge in [-0.1, -0.05) is 24.3 Å². The Hall–Kier alpha value is -3.22. The quantitative estimate of drug-likeness (QED) is 0.748. The van der Waals surface area contributed by atoms with Crippen molar-refractivity contribution in [3.63, 3.8) is 0 Å². The first-order valence-electron chi connectivity index (χ1n) is 9.70. The Morgan fingerprint density at radius 3 is 2.55 bits per heavy atom. The molecular weight excluding hydrogens is 375 g/mol. The van der Waals surface area contributed by atoms with Gasteiger partial charge in [-0.2, -0.15) is 0 Å². The Kier molecular flexibility index (Phi) is 3.94. The lowest BCUT2D eigenvalue weighted by Crippen LogP contribution is -2.69. The molecule has 2 aromatic rings. The van der Waals surface area contributed by atoms with Crippen LogP contribution in [0.5, 0.6) is 0 Å². The van der Waals surface area contributed by atoms with Crippen molar-refractivity contribution in [3.05, 3.63) is 65.5 Å². The second-order valence-corrected chi connectivity index (χ2v) is 7.67. The molecule has 2 amide bonds. The number of benzene rings is 2. The van der Waals surface area contributed by atoms with Crippen LogP contribution in [0, 0.1) is 5.82 Å². The Morgan fingerprint density at radius 1 is 1.10 bits per heavy atom. The highest BCUT2D eigenvalue weighted by Crippen LogP contribution is 2.49. The molecule has 0 unspecified atom stereocenters. The van der Waals surface area contributed by atoms with E-state index in [2.05, 4.69) is 0 Å². The van der Waals surface area contributed by atoms with Crippen LogP contribution in [-0.4, -0.2) is 34.4 Å². The van der Waals surface area contributed by atoms with Crippen LogP contribution in [0.25, 0.3) is 0 Å². The van der Waals surface area contributed by atoms with E-state index < -0.39 is 11.6 Å². The molecule has 2 fully saturated rings. The summed E-state index contributed by atoms with van der Waals surface area (Å²) in [5, 5.41) is 0. The predicted molar refractivity (Wildman–Crippen MR) is 101 cm³/mol. The number of carbonyl (C=O) groups excluding carboxylic acids is 3. The minimum Gasteiger partial charge on any atom is -0.458 e. The number of hydrogen-bond donors (Lipinski definition) is 0. The summed E-state index contributed by atoms with van der Waals surface area (Å²) in [4.78, 5) is 42.6. The summed E-state index contributed by atoms with van der Waals surface area (Å²) in [6, 6.07) is 12.5. The number of nitrogens with zero attached hydrogens (tertiary/aromatic N) is 2. The molecule has 1 saturated carbocycles. The predicted octanol–water partition coefficient (Wildman–Crippen LogP) is 3.01. The molecule has 0 spiro atoms. The molecule has 0 bridgehead atoms. The van der Waals surface area contributed by atoms with Crippen LogP contribution in [0.15, 0.2) is 48.5 Å². The summed E-state index contributed by atoms with van der Waals surface area (Å²) < 4.78 is 18.7. The monoisotopic (exact) mass is 394 g/mol. The molecule has 148 valence electrons. The fraction of sp³-hybridized carbons (Fsp3) is 0.318. The van der Waals surface area contributed by atoms with E-state index in [0.717, 1.165) is 12.8 Å². The van der Waals surface area contributed by atoms with Gasteiger partial charge in [0.2, 0.25) is 11.6 Å². The number of fused-ring (bicyclic) bond motifs is 3. The molecule has 0 radical (unpaired) electrons. The second kappa shape index (κ2) is 6.40. The molecule has 1 atom stereocenters. The largest absolute Gasteiger partial charge is 0.458 e. The van der Waals surface area contributed by atoms with Gasteiger partial charge in [-0.25, -0.2) is 9.18 Å². The highest BCUT2D eigenvalue weighted by atomic mass is 19.1. The van der Waals surface area contributed by atoms with Crippen LogP contribution in [0.4, 0.5) is 10.1 Å². The fourth-order valence-corrected chi connectivity index (χ4v) is 4.36. The summed E-state index contributed by atoms with van der Waals surface area (Å²) in [6.07, 6.45) is 1.95. The first kappa shape index (κ1) is 17.8.